The molecule has 2 fully saturated rings. The summed E-state index contributed by atoms with van der Waals surface area (Å²) in [5.41, 5.74) is 0.216. The number of methoxy groups -OCH3 is 1. The van der Waals surface area contributed by atoms with E-state index in [4.69, 9.17) is 4.74 Å². The number of likely N-dealkylation sites (tertiary alicyclic amines) is 1. The molecule has 1 aliphatic heterocycles. The lowest BCUT2D eigenvalue weighted by atomic mass is 9.73. The van der Waals surface area contributed by atoms with Crippen molar-refractivity contribution in [1.82, 2.24) is 10.2 Å². The lowest BCUT2D eigenvalue weighted by Crippen LogP contribution is -2.56. The van der Waals surface area contributed by atoms with Gasteiger partial charge in [0.25, 0.3) is 0 Å². The largest absolute Gasteiger partial charge is 0.497 e. The van der Waals surface area contributed by atoms with Crippen molar-refractivity contribution in [1.29, 1.82) is 0 Å². The number of nitrogens with one attached hydrogen (secondary N) is 1. The minimum absolute atomic E-state index is 0.0560. The number of rotatable bonds is 6. The van der Waals surface area contributed by atoms with Crippen LogP contribution in [0.3, 0.4) is 0 Å². The summed E-state index contributed by atoms with van der Waals surface area (Å²) in [6.07, 6.45) is 3.13. The van der Waals surface area contributed by atoms with Gasteiger partial charge in [0.1, 0.15) is 5.75 Å². The van der Waals surface area contributed by atoms with Crippen molar-refractivity contribution in [2.75, 3.05) is 13.7 Å². The number of amides is 2. The van der Waals surface area contributed by atoms with Crippen molar-refractivity contribution in [2.45, 2.75) is 51.1 Å². The summed E-state index contributed by atoms with van der Waals surface area (Å²) in [5, 5.41) is 12.5. The third-order valence-electron chi connectivity index (χ3n) is 6.03. The molecule has 28 heavy (non-hydrogen) atoms. The van der Waals surface area contributed by atoms with Crippen molar-refractivity contribution in [2.24, 2.45) is 11.8 Å². The maximum absolute atomic E-state index is 12.8. The first kappa shape index (κ1) is 20.2. The molecule has 1 aliphatic carbocycles. The Morgan fingerprint density at radius 2 is 2.00 bits per heavy atom. The first-order chi connectivity index (χ1) is 13.3. The van der Waals surface area contributed by atoms with Gasteiger partial charge in [-0.25, -0.2) is 0 Å². The van der Waals surface area contributed by atoms with Crippen LogP contribution in [0.1, 0.15) is 44.6 Å². The highest BCUT2D eigenvalue weighted by Crippen LogP contribution is 2.34. The number of aliphatic carboxylic acids is 1. The van der Waals surface area contributed by atoms with Crippen LogP contribution in [-0.2, 0) is 20.9 Å². The Morgan fingerprint density at radius 1 is 1.29 bits per heavy atom. The van der Waals surface area contributed by atoms with Gasteiger partial charge in [-0.2, -0.15) is 0 Å². The molecular weight excluding hydrogens is 360 g/mol. The average molecular weight is 388 g/mol. The lowest BCUT2D eigenvalue weighted by molar-refractivity contribution is -0.147. The van der Waals surface area contributed by atoms with Crippen LogP contribution in [0.2, 0.25) is 0 Å². The van der Waals surface area contributed by atoms with Gasteiger partial charge in [0.2, 0.25) is 11.8 Å². The number of carboxylic acid groups (broad SMARTS) is 1. The van der Waals surface area contributed by atoms with E-state index in [1.807, 2.05) is 31.2 Å². The molecule has 0 aromatic heterocycles. The number of carbonyl (C=O) groups is 3. The van der Waals surface area contributed by atoms with E-state index in [9.17, 15) is 19.5 Å². The van der Waals surface area contributed by atoms with Crippen LogP contribution in [0.15, 0.2) is 24.3 Å². The van der Waals surface area contributed by atoms with Gasteiger partial charge >= 0.3 is 5.97 Å². The van der Waals surface area contributed by atoms with Crippen LogP contribution in [0.4, 0.5) is 0 Å². The molecule has 3 atom stereocenters. The molecule has 7 heteroatoms. The van der Waals surface area contributed by atoms with Gasteiger partial charge in [-0.15, -0.1) is 0 Å². The van der Waals surface area contributed by atoms with Crippen LogP contribution in [0, 0.1) is 11.8 Å². The van der Waals surface area contributed by atoms with E-state index < -0.39 is 23.3 Å². The van der Waals surface area contributed by atoms with E-state index in [2.05, 4.69) is 5.32 Å². The third-order valence-corrected chi connectivity index (χ3v) is 6.03. The summed E-state index contributed by atoms with van der Waals surface area (Å²) in [7, 11) is 1.60. The Balaban J connectivity index is 1.62. The number of carboxylic acids is 1. The van der Waals surface area contributed by atoms with Gasteiger partial charge in [0.15, 0.2) is 0 Å². The fourth-order valence-corrected chi connectivity index (χ4v) is 4.31. The highest BCUT2D eigenvalue weighted by Gasteiger charge is 2.44. The number of nitrogens with zero attached hydrogens (tertiary/aromatic N) is 1. The SMILES string of the molecule is COc1ccc(CN2CC(C(=O)NC3(C)CCCCC3C(=O)O)CC2=O)cc1. The molecule has 1 aromatic carbocycles. The van der Waals surface area contributed by atoms with Gasteiger partial charge in [-0.3, -0.25) is 14.4 Å². The molecular formula is C21H28N2O5. The quantitative estimate of drug-likeness (QED) is 0.779. The molecule has 1 aromatic rings. The van der Waals surface area contributed by atoms with Crippen LogP contribution >= 0.6 is 0 Å². The maximum Gasteiger partial charge on any atom is 0.308 e. The number of carbonyl (C=O) groups excluding carboxylic acids is 2. The molecule has 7 nitrogen and oxygen atoms in total. The van der Waals surface area contributed by atoms with Gasteiger partial charge in [0.05, 0.1) is 24.5 Å². The van der Waals surface area contributed by atoms with Crippen molar-refractivity contribution in [3.8, 4) is 5.75 Å². The Morgan fingerprint density at radius 3 is 2.64 bits per heavy atom. The number of ether oxygens (including phenoxy) is 1. The number of benzene rings is 1. The van der Waals surface area contributed by atoms with E-state index in [-0.39, 0.29) is 18.2 Å². The Bertz CT molecular complexity index is 748. The van der Waals surface area contributed by atoms with Crippen molar-refractivity contribution in [3.63, 3.8) is 0 Å². The topological polar surface area (TPSA) is 95.9 Å². The number of hydrogen-bond donors (Lipinski definition) is 2. The van der Waals surface area contributed by atoms with Crippen molar-refractivity contribution in [3.05, 3.63) is 29.8 Å². The lowest BCUT2D eigenvalue weighted by Gasteiger charge is -2.40. The summed E-state index contributed by atoms with van der Waals surface area (Å²) in [6.45, 7) is 2.61. The van der Waals surface area contributed by atoms with E-state index in [1.54, 1.807) is 12.0 Å². The second-order valence-corrected chi connectivity index (χ2v) is 8.07. The molecule has 3 rings (SSSR count). The molecule has 1 heterocycles. The molecule has 1 saturated heterocycles. The monoisotopic (exact) mass is 388 g/mol. The van der Waals surface area contributed by atoms with Gasteiger partial charge in [0, 0.05) is 19.5 Å². The predicted octanol–water partition coefficient (Wildman–Crippen LogP) is 2.19. The Hall–Kier alpha value is -2.57. The molecule has 152 valence electrons. The summed E-state index contributed by atoms with van der Waals surface area (Å²) in [5.74, 6) is -1.42. The van der Waals surface area contributed by atoms with Gasteiger partial charge in [-0.1, -0.05) is 25.0 Å². The first-order valence-corrected chi connectivity index (χ1v) is 9.78. The smallest absolute Gasteiger partial charge is 0.308 e. The summed E-state index contributed by atoms with van der Waals surface area (Å²) < 4.78 is 5.14. The van der Waals surface area contributed by atoms with Gasteiger partial charge < -0.3 is 20.1 Å². The second kappa shape index (κ2) is 8.20. The normalized spacial score (nSPS) is 27.5. The highest BCUT2D eigenvalue weighted by molar-refractivity contribution is 5.90. The third kappa shape index (κ3) is 4.29. The zero-order chi connectivity index (χ0) is 20.3. The minimum Gasteiger partial charge on any atom is -0.497 e. The summed E-state index contributed by atoms with van der Waals surface area (Å²) in [6, 6.07) is 7.49. The Kier molecular flexibility index (Phi) is 5.91. The van der Waals surface area contributed by atoms with E-state index in [1.165, 1.54) is 0 Å². The average Bonchev–Trinajstić information content (AvgIpc) is 3.03. The van der Waals surface area contributed by atoms with Crippen molar-refractivity contribution < 1.29 is 24.2 Å². The fourth-order valence-electron chi connectivity index (χ4n) is 4.31. The minimum atomic E-state index is -0.869. The zero-order valence-electron chi connectivity index (χ0n) is 16.4. The molecule has 2 N–H and O–H groups in total. The molecule has 0 spiro atoms. The van der Waals surface area contributed by atoms with Crippen LogP contribution in [0.5, 0.6) is 5.75 Å². The highest BCUT2D eigenvalue weighted by atomic mass is 16.5. The van der Waals surface area contributed by atoms with E-state index in [0.29, 0.717) is 25.9 Å². The molecule has 0 radical (unpaired) electrons. The maximum atomic E-state index is 12.8. The predicted molar refractivity (Wildman–Crippen MR) is 103 cm³/mol. The molecule has 0 bridgehead atoms. The Labute approximate surface area is 165 Å². The van der Waals surface area contributed by atoms with Crippen LogP contribution in [0.25, 0.3) is 0 Å². The standard InChI is InChI=1S/C21H28N2O5/c1-21(10-4-3-5-17(21)20(26)27)22-19(25)15-11-18(24)23(13-15)12-14-6-8-16(28-2)9-7-14/h6-9,15,17H,3-5,10-13H2,1-2H3,(H,22,25)(H,26,27). The van der Waals surface area contributed by atoms with Gasteiger partial charge in [-0.05, 0) is 37.5 Å². The van der Waals surface area contributed by atoms with Crippen LogP contribution < -0.4 is 10.1 Å². The first-order valence-electron chi connectivity index (χ1n) is 9.78. The number of hydrogen-bond acceptors (Lipinski definition) is 4. The van der Waals surface area contributed by atoms with E-state index in [0.717, 1.165) is 24.2 Å². The molecule has 1 saturated carbocycles. The summed E-state index contributed by atoms with van der Waals surface area (Å²) in [4.78, 5) is 38.5. The van der Waals surface area contributed by atoms with Crippen LogP contribution in [-0.4, -0.2) is 47.0 Å². The zero-order valence-corrected chi connectivity index (χ0v) is 16.4. The molecule has 3 unspecified atom stereocenters. The second-order valence-electron chi connectivity index (χ2n) is 8.07. The molecule has 2 amide bonds. The molecule has 2 aliphatic rings. The van der Waals surface area contributed by atoms with Crippen molar-refractivity contribution >= 4 is 17.8 Å². The summed E-state index contributed by atoms with van der Waals surface area (Å²) >= 11 is 0. The fraction of sp³-hybridized carbons (Fsp3) is 0.571. The van der Waals surface area contributed by atoms with E-state index >= 15 is 0 Å².